The fraction of sp³-hybridized carbons (Fsp3) is 0.222. The second-order valence-electron chi connectivity index (χ2n) is 5.81. The van der Waals surface area contributed by atoms with Crippen LogP contribution in [0.2, 0.25) is 0 Å². The van der Waals surface area contributed by atoms with Crippen LogP contribution < -0.4 is 10.5 Å². The molecule has 0 aliphatic rings. The Bertz CT molecular complexity index is 858. The Balaban J connectivity index is 1.85. The number of amidine groups is 1. The van der Waals surface area contributed by atoms with Crippen LogP contribution in [0, 0.1) is 24.0 Å². The molecule has 0 spiro atoms. The molecule has 0 saturated heterocycles. The van der Waals surface area contributed by atoms with Crippen LogP contribution >= 0.6 is 15.9 Å². The molecule has 2 aromatic carbocycles. The lowest BCUT2D eigenvalue weighted by atomic mass is 10.1. The highest BCUT2D eigenvalue weighted by Crippen LogP contribution is 2.26. The van der Waals surface area contributed by atoms with E-state index in [1.54, 1.807) is 24.3 Å². The van der Waals surface area contributed by atoms with Gasteiger partial charge in [-0.15, -0.1) is 0 Å². The van der Waals surface area contributed by atoms with Gasteiger partial charge in [-0.2, -0.15) is 0 Å². The molecule has 0 radical (unpaired) electrons. The normalized spacial score (nSPS) is 11.1. The molecule has 0 aromatic heterocycles. The molecular weight excluding hydrogens is 418 g/mol. The summed E-state index contributed by atoms with van der Waals surface area (Å²) in [5, 5.41) is 14.2. The molecule has 0 unspecified atom stereocenters. The van der Waals surface area contributed by atoms with Crippen LogP contribution in [0.15, 0.2) is 46.0 Å². The van der Waals surface area contributed by atoms with Crippen molar-refractivity contribution >= 4 is 33.4 Å². The molecule has 0 bridgehead atoms. The van der Waals surface area contributed by atoms with Crippen LogP contribution in [0.1, 0.15) is 16.7 Å². The number of hydrogen-bond donors (Lipinski definition) is 1. The van der Waals surface area contributed by atoms with E-state index in [1.165, 1.54) is 12.1 Å². The van der Waals surface area contributed by atoms with Gasteiger partial charge >= 0.3 is 5.97 Å². The predicted molar refractivity (Wildman–Crippen MR) is 104 cm³/mol. The third kappa shape index (κ3) is 6.07. The fourth-order valence-electron chi connectivity index (χ4n) is 2.24. The van der Waals surface area contributed by atoms with Crippen molar-refractivity contribution in [2.75, 3.05) is 6.61 Å². The molecule has 2 rings (SSSR count). The van der Waals surface area contributed by atoms with E-state index >= 15 is 0 Å². The molecule has 27 heavy (non-hydrogen) atoms. The van der Waals surface area contributed by atoms with Gasteiger partial charge in [0.05, 0.1) is 4.92 Å². The first-order chi connectivity index (χ1) is 12.8. The zero-order valence-electron chi connectivity index (χ0n) is 14.8. The van der Waals surface area contributed by atoms with E-state index in [0.29, 0.717) is 11.3 Å². The van der Waals surface area contributed by atoms with Gasteiger partial charge in [-0.25, -0.2) is 4.79 Å². The summed E-state index contributed by atoms with van der Waals surface area (Å²) in [7, 11) is 0. The predicted octanol–water partition coefficient (Wildman–Crippen LogP) is 3.41. The third-order valence-corrected chi connectivity index (χ3v) is 4.81. The number of oxime groups is 1. The van der Waals surface area contributed by atoms with Gasteiger partial charge in [0, 0.05) is 23.0 Å². The minimum Gasteiger partial charge on any atom is -0.482 e. The Kier molecular flexibility index (Phi) is 6.89. The Labute approximate surface area is 164 Å². The largest absolute Gasteiger partial charge is 0.482 e. The number of aryl methyl sites for hydroxylation is 2. The molecule has 9 heteroatoms. The van der Waals surface area contributed by atoms with Gasteiger partial charge in [-0.3, -0.25) is 10.1 Å². The second kappa shape index (κ2) is 9.13. The van der Waals surface area contributed by atoms with Crippen molar-refractivity contribution in [2.24, 2.45) is 10.9 Å². The Morgan fingerprint density at radius 1 is 1.22 bits per heavy atom. The number of nitro benzene ring substituents is 1. The quantitative estimate of drug-likeness (QED) is 0.234. The van der Waals surface area contributed by atoms with Crippen LogP contribution in [0.25, 0.3) is 0 Å². The van der Waals surface area contributed by atoms with E-state index in [1.807, 2.05) is 13.8 Å². The van der Waals surface area contributed by atoms with E-state index in [4.69, 9.17) is 15.3 Å². The lowest BCUT2D eigenvalue weighted by Crippen LogP contribution is -2.19. The summed E-state index contributed by atoms with van der Waals surface area (Å²) in [6, 6.07) is 9.45. The van der Waals surface area contributed by atoms with Crippen LogP contribution in [0.3, 0.4) is 0 Å². The molecule has 2 N–H and O–H groups in total. The van der Waals surface area contributed by atoms with Crippen molar-refractivity contribution in [3.05, 3.63) is 67.7 Å². The van der Waals surface area contributed by atoms with Gasteiger partial charge in [0.25, 0.3) is 5.69 Å². The van der Waals surface area contributed by atoms with Crippen molar-refractivity contribution in [2.45, 2.75) is 20.3 Å². The van der Waals surface area contributed by atoms with Crippen LogP contribution in [-0.2, 0) is 16.1 Å². The lowest BCUT2D eigenvalue weighted by Gasteiger charge is -2.09. The minimum absolute atomic E-state index is 0.0174. The molecule has 0 aliphatic carbocycles. The maximum absolute atomic E-state index is 11.7. The van der Waals surface area contributed by atoms with Crippen LogP contribution in [-0.4, -0.2) is 23.3 Å². The Morgan fingerprint density at radius 3 is 2.37 bits per heavy atom. The fourth-order valence-corrected chi connectivity index (χ4v) is 2.47. The number of nitrogens with zero attached hydrogens (tertiary/aromatic N) is 2. The molecule has 0 saturated carbocycles. The van der Waals surface area contributed by atoms with Crippen LogP contribution in [0.5, 0.6) is 5.75 Å². The topological polar surface area (TPSA) is 117 Å². The number of halogens is 1. The first kappa shape index (κ1) is 20.4. The summed E-state index contributed by atoms with van der Waals surface area (Å²) in [6.45, 7) is 3.53. The van der Waals surface area contributed by atoms with E-state index in [9.17, 15) is 14.9 Å². The highest BCUT2D eigenvalue weighted by atomic mass is 79.9. The SMILES string of the molecule is Cc1cc(OCC(=O)O/N=C(\N)Cc2ccc([N+](=O)[O-])cc2)cc(C)c1Br. The lowest BCUT2D eigenvalue weighted by molar-refractivity contribution is -0.384. The van der Waals surface area contributed by atoms with E-state index < -0.39 is 10.9 Å². The van der Waals surface area contributed by atoms with Gasteiger partial charge in [-0.05, 0) is 42.7 Å². The number of hydrogen-bond acceptors (Lipinski definition) is 6. The molecular formula is C18H18BrN3O5. The minimum atomic E-state index is -0.695. The molecule has 142 valence electrons. The summed E-state index contributed by atoms with van der Waals surface area (Å²) in [5.74, 6) is -0.0830. The monoisotopic (exact) mass is 435 g/mol. The maximum atomic E-state index is 11.7. The zero-order chi connectivity index (χ0) is 20.0. The summed E-state index contributed by atoms with van der Waals surface area (Å²) in [5.41, 5.74) is 8.37. The first-order valence-corrected chi connectivity index (χ1v) is 8.70. The highest BCUT2D eigenvalue weighted by molar-refractivity contribution is 9.10. The summed E-state index contributed by atoms with van der Waals surface area (Å²) in [6.07, 6.45) is 0.192. The van der Waals surface area contributed by atoms with Gasteiger partial charge in [0.15, 0.2) is 6.61 Å². The smallest absolute Gasteiger partial charge is 0.372 e. The number of carbonyl (C=O) groups is 1. The zero-order valence-corrected chi connectivity index (χ0v) is 16.4. The average molecular weight is 436 g/mol. The Hall–Kier alpha value is -2.94. The molecule has 0 heterocycles. The number of benzene rings is 2. The number of ether oxygens (including phenoxy) is 1. The number of carbonyl (C=O) groups excluding carboxylic acids is 1. The summed E-state index contributed by atoms with van der Waals surface area (Å²) >= 11 is 3.46. The molecule has 0 fully saturated rings. The second-order valence-corrected chi connectivity index (χ2v) is 6.60. The molecule has 8 nitrogen and oxygen atoms in total. The Morgan fingerprint density at radius 2 is 1.81 bits per heavy atom. The van der Waals surface area contributed by atoms with Gasteiger partial charge in [0.2, 0.25) is 0 Å². The van der Waals surface area contributed by atoms with Crippen molar-refractivity contribution in [3.8, 4) is 5.75 Å². The van der Waals surface area contributed by atoms with Crippen molar-refractivity contribution < 1.29 is 19.3 Å². The molecule has 0 amide bonds. The van der Waals surface area contributed by atoms with Crippen LogP contribution in [0.4, 0.5) is 5.69 Å². The van der Waals surface area contributed by atoms with Gasteiger partial charge in [-0.1, -0.05) is 33.2 Å². The van der Waals surface area contributed by atoms with Gasteiger partial charge in [0.1, 0.15) is 11.6 Å². The molecule has 2 aromatic rings. The number of nitro groups is 1. The highest BCUT2D eigenvalue weighted by Gasteiger charge is 2.09. The van der Waals surface area contributed by atoms with E-state index in [2.05, 4.69) is 21.1 Å². The first-order valence-electron chi connectivity index (χ1n) is 7.91. The molecule has 0 aliphatic heterocycles. The summed E-state index contributed by atoms with van der Waals surface area (Å²) < 4.78 is 6.39. The number of rotatable bonds is 7. The standard InChI is InChI=1S/C18H18BrN3O5/c1-11-7-15(8-12(2)18(11)19)26-10-17(23)27-21-16(20)9-13-3-5-14(6-4-13)22(24)25/h3-8H,9-10H2,1-2H3,(H2,20,21). The van der Waals surface area contributed by atoms with E-state index in [-0.39, 0.29) is 24.6 Å². The van der Waals surface area contributed by atoms with E-state index in [0.717, 1.165) is 15.6 Å². The van der Waals surface area contributed by atoms with Crippen molar-refractivity contribution in [1.82, 2.24) is 0 Å². The third-order valence-electron chi connectivity index (χ3n) is 3.56. The average Bonchev–Trinajstić information content (AvgIpc) is 2.63. The summed E-state index contributed by atoms with van der Waals surface area (Å²) in [4.78, 5) is 26.6. The number of nitrogens with two attached hydrogens (primary N) is 1. The van der Waals surface area contributed by atoms with Crippen molar-refractivity contribution in [1.29, 1.82) is 0 Å². The molecule has 0 atom stereocenters. The van der Waals surface area contributed by atoms with Gasteiger partial charge < -0.3 is 15.3 Å². The number of non-ortho nitro benzene ring substituents is 1. The van der Waals surface area contributed by atoms with Crippen molar-refractivity contribution in [3.63, 3.8) is 0 Å². The maximum Gasteiger partial charge on any atom is 0.372 e.